The third-order valence-electron chi connectivity index (χ3n) is 6.24. The van der Waals surface area contributed by atoms with Gasteiger partial charge in [0.05, 0.1) is 17.8 Å². The maximum absolute atomic E-state index is 13.3. The summed E-state index contributed by atoms with van der Waals surface area (Å²) < 4.78 is 46.1. The Morgan fingerprint density at radius 3 is 2.59 bits per heavy atom. The Balaban J connectivity index is 1.57. The Kier molecular flexibility index (Phi) is 5.99. The second kappa shape index (κ2) is 8.58. The fourth-order valence-electron chi connectivity index (χ4n) is 4.20. The number of ether oxygens (including phenoxy) is 1. The number of hydrogen-bond acceptors (Lipinski definition) is 5. The molecule has 0 amide bonds. The normalized spacial score (nSPS) is 19.6. The molecule has 1 heterocycles. The van der Waals surface area contributed by atoms with E-state index in [0.717, 1.165) is 35.4 Å². The molecule has 1 atom stereocenters. The fourth-order valence-corrected chi connectivity index (χ4v) is 4.20. The third-order valence-corrected chi connectivity index (χ3v) is 6.24. The molecule has 0 bridgehead atoms. The molecule has 1 N–H and O–H groups in total. The van der Waals surface area contributed by atoms with Gasteiger partial charge in [0, 0.05) is 16.8 Å². The molecule has 2 aromatic carbocycles. The van der Waals surface area contributed by atoms with Crippen LogP contribution in [0.15, 0.2) is 42.6 Å². The zero-order valence-corrected chi connectivity index (χ0v) is 18.6. The van der Waals surface area contributed by atoms with Crippen LogP contribution in [-0.4, -0.2) is 41.3 Å². The Bertz CT molecular complexity index is 1110. The Labute approximate surface area is 185 Å². The Hall–Kier alpha value is -2.87. The first kappa shape index (κ1) is 22.3. The van der Waals surface area contributed by atoms with Gasteiger partial charge in [0.15, 0.2) is 5.82 Å². The zero-order valence-electron chi connectivity index (χ0n) is 18.6. The van der Waals surface area contributed by atoms with Crippen LogP contribution in [0.1, 0.15) is 42.5 Å². The fraction of sp³-hybridized carbons (Fsp3) is 0.417. The molecule has 3 aromatic rings. The van der Waals surface area contributed by atoms with Gasteiger partial charge in [-0.15, -0.1) is 5.10 Å². The van der Waals surface area contributed by atoms with Crippen molar-refractivity contribution in [2.24, 2.45) is 0 Å². The van der Waals surface area contributed by atoms with Gasteiger partial charge in [-0.2, -0.15) is 18.3 Å². The van der Waals surface area contributed by atoms with Crippen molar-refractivity contribution < 1.29 is 17.9 Å². The summed E-state index contributed by atoms with van der Waals surface area (Å²) in [6.07, 6.45) is -0.584. The van der Waals surface area contributed by atoms with E-state index in [-0.39, 0.29) is 11.7 Å². The van der Waals surface area contributed by atoms with Gasteiger partial charge < -0.3 is 15.0 Å². The lowest BCUT2D eigenvalue weighted by Crippen LogP contribution is -2.46. The van der Waals surface area contributed by atoms with Crippen molar-refractivity contribution in [2.45, 2.75) is 51.1 Å². The molecular formula is C24H27F3N4O. The van der Waals surface area contributed by atoms with Gasteiger partial charge in [0.2, 0.25) is 0 Å². The summed E-state index contributed by atoms with van der Waals surface area (Å²) in [6, 6.07) is 10.1. The molecular weight excluding hydrogens is 417 g/mol. The van der Waals surface area contributed by atoms with E-state index in [2.05, 4.69) is 34.5 Å². The number of nitrogens with one attached hydrogen (secondary N) is 1. The van der Waals surface area contributed by atoms with Crippen molar-refractivity contribution in [3.05, 3.63) is 59.3 Å². The number of rotatable bonds is 6. The number of hydrogen-bond donors (Lipinski definition) is 1. The highest BCUT2D eigenvalue weighted by molar-refractivity contribution is 5.92. The SMILES string of the molecule is Cc1c([C@@H](C)Nc2nncc3ccc(OC4CC(N(C)C)C4)cc23)cccc1C(F)(F)F. The van der Waals surface area contributed by atoms with Gasteiger partial charge in [-0.05, 0) is 76.2 Å². The molecule has 0 saturated heterocycles. The molecule has 5 nitrogen and oxygen atoms in total. The topological polar surface area (TPSA) is 50.3 Å². The summed E-state index contributed by atoms with van der Waals surface area (Å²) in [5.41, 5.74) is 0.146. The maximum Gasteiger partial charge on any atom is 0.416 e. The second-order valence-electron chi connectivity index (χ2n) is 8.65. The smallest absolute Gasteiger partial charge is 0.416 e. The van der Waals surface area contributed by atoms with Crippen LogP contribution in [0.5, 0.6) is 5.75 Å². The van der Waals surface area contributed by atoms with Gasteiger partial charge in [0.1, 0.15) is 11.9 Å². The molecule has 1 aliphatic carbocycles. The molecule has 0 radical (unpaired) electrons. The molecule has 0 spiro atoms. The van der Waals surface area contributed by atoms with Crippen LogP contribution in [0.3, 0.4) is 0 Å². The third kappa shape index (κ3) is 4.50. The van der Waals surface area contributed by atoms with Crippen LogP contribution in [0.2, 0.25) is 0 Å². The highest BCUT2D eigenvalue weighted by Crippen LogP contribution is 2.36. The number of aromatic nitrogens is 2. The van der Waals surface area contributed by atoms with E-state index in [9.17, 15) is 13.2 Å². The van der Waals surface area contributed by atoms with Crippen LogP contribution in [-0.2, 0) is 6.18 Å². The number of halogens is 3. The Morgan fingerprint density at radius 2 is 1.91 bits per heavy atom. The van der Waals surface area contributed by atoms with Gasteiger partial charge in [-0.25, -0.2) is 0 Å². The predicted molar refractivity (Wildman–Crippen MR) is 119 cm³/mol. The summed E-state index contributed by atoms with van der Waals surface area (Å²) in [5, 5.41) is 13.2. The van der Waals surface area contributed by atoms with E-state index >= 15 is 0 Å². The molecule has 1 aliphatic rings. The average molecular weight is 445 g/mol. The minimum Gasteiger partial charge on any atom is -0.490 e. The summed E-state index contributed by atoms with van der Waals surface area (Å²) in [5.74, 6) is 1.26. The van der Waals surface area contributed by atoms with E-state index in [1.54, 1.807) is 12.3 Å². The molecule has 4 rings (SSSR count). The molecule has 170 valence electrons. The van der Waals surface area contributed by atoms with Crippen molar-refractivity contribution in [1.29, 1.82) is 0 Å². The minimum atomic E-state index is -4.39. The van der Waals surface area contributed by atoms with Gasteiger partial charge in [-0.1, -0.05) is 12.1 Å². The average Bonchev–Trinajstić information content (AvgIpc) is 2.69. The van der Waals surface area contributed by atoms with E-state index in [1.165, 1.54) is 13.0 Å². The summed E-state index contributed by atoms with van der Waals surface area (Å²) in [6.45, 7) is 3.32. The molecule has 1 fully saturated rings. The monoisotopic (exact) mass is 444 g/mol. The minimum absolute atomic E-state index is 0.178. The van der Waals surface area contributed by atoms with Crippen LogP contribution in [0.25, 0.3) is 10.8 Å². The second-order valence-corrected chi connectivity index (χ2v) is 8.65. The lowest BCUT2D eigenvalue weighted by atomic mass is 9.88. The van der Waals surface area contributed by atoms with Crippen molar-refractivity contribution >= 4 is 16.6 Å². The van der Waals surface area contributed by atoms with Crippen LogP contribution < -0.4 is 10.1 Å². The van der Waals surface area contributed by atoms with Crippen LogP contribution in [0, 0.1) is 6.92 Å². The predicted octanol–water partition coefficient (Wildman–Crippen LogP) is 5.60. The van der Waals surface area contributed by atoms with Gasteiger partial charge >= 0.3 is 6.18 Å². The van der Waals surface area contributed by atoms with Gasteiger partial charge in [-0.3, -0.25) is 0 Å². The summed E-state index contributed by atoms with van der Waals surface area (Å²) in [7, 11) is 4.14. The Morgan fingerprint density at radius 1 is 1.16 bits per heavy atom. The van der Waals surface area contributed by atoms with Crippen molar-refractivity contribution in [3.8, 4) is 5.75 Å². The quantitative estimate of drug-likeness (QED) is 0.536. The number of anilines is 1. The summed E-state index contributed by atoms with van der Waals surface area (Å²) in [4.78, 5) is 2.20. The highest BCUT2D eigenvalue weighted by atomic mass is 19.4. The largest absolute Gasteiger partial charge is 0.490 e. The van der Waals surface area contributed by atoms with E-state index < -0.39 is 17.8 Å². The zero-order chi connectivity index (χ0) is 23.0. The van der Waals surface area contributed by atoms with E-state index in [1.807, 2.05) is 25.1 Å². The van der Waals surface area contributed by atoms with E-state index in [4.69, 9.17) is 4.74 Å². The molecule has 32 heavy (non-hydrogen) atoms. The molecule has 0 aliphatic heterocycles. The van der Waals surface area contributed by atoms with Gasteiger partial charge in [0.25, 0.3) is 0 Å². The standard InChI is InChI=1S/C24H27F3N4O/c1-14-20(6-5-7-22(14)24(25,26)27)15(2)29-23-21-12-18(9-8-16(21)13-28-30-23)32-19-10-17(11-19)31(3)4/h5-9,12-13,15,17,19H,10-11H2,1-4H3,(H,29,30)/t15-,17?,19?/m1/s1. The van der Waals surface area contributed by atoms with Crippen molar-refractivity contribution in [1.82, 2.24) is 15.1 Å². The number of nitrogens with zero attached hydrogens (tertiary/aromatic N) is 3. The van der Waals surface area contributed by atoms with E-state index in [0.29, 0.717) is 17.4 Å². The molecule has 0 unspecified atom stereocenters. The first-order valence-electron chi connectivity index (χ1n) is 10.6. The first-order valence-corrected chi connectivity index (χ1v) is 10.6. The molecule has 1 aromatic heterocycles. The maximum atomic E-state index is 13.3. The lowest BCUT2D eigenvalue weighted by molar-refractivity contribution is -0.138. The lowest BCUT2D eigenvalue weighted by Gasteiger charge is -2.39. The number of benzene rings is 2. The van der Waals surface area contributed by atoms with Crippen molar-refractivity contribution in [2.75, 3.05) is 19.4 Å². The molecule has 8 heteroatoms. The number of alkyl halides is 3. The van der Waals surface area contributed by atoms with Crippen LogP contribution >= 0.6 is 0 Å². The molecule has 1 saturated carbocycles. The van der Waals surface area contributed by atoms with Crippen LogP contribution in [0.4, 0.5) is 19.0 Å². The highest BCUT2D eigenvalue weighted by Gasteiger charge is 2.34. The van der Waals surface area contributed by atoms with Crippen molar-refractivity contribution in [3.63, 3.8) is 0 Å². The summed E-state index contributed by atoms with van der Waals surface area (Å²) >= 11 is 0. The number of fused-ring (bicyclic) bond motifs is 1. The first-order chi connectivity index (χ1) is 15.1.